The number of rotatable bonds is 3. The van der Waals surface area contributed by atoms with Crippen molar-refractivity contribution >= 4 is 5.78 Å². The molecule has 0 spiro atoms. The monoisotopic (exact) mass is 246 g/mol. The lowest BCUT2D eigenvalue weighted by Gasteiger charge is -2.16. The van der Waals surface area contributed by atoms with Crippen molar-refractivity contribution in [3.05, 3.63) is 35.4 Å². The first-order valence-electron chi connectivity index (χ1n) is 5.13. The lowest BCUT2D eigenvalue weighted by atomic mass is 9.94. The first-order valence-corrected chi connectivity index (χ1v) is 5.13. The van der Waals surface area contributed by atoms with Gasteiger partial charge in [0.15, 0.2) is 5.78 Å². The van der Waals surface area contributed by atoms with E-state index in [-0.39, 0.29) is 0 Å². The van der Waals surface area contributed by atoms with E-state index in [0.29, 0.717) is 0 Å². The predicted octanol–water partition coefficient (Wildman–Crippen LogP) is 2.91. The third-order valence-corrected chi connectivity index (χ3v) is 2.40. The Kier molecular flexibility index (Phi) is 3.93. The molecule has 0 aliphatic rings. The van der Waals surface area contributed by atoms with Crippen molar-refractivity contribution in [2.24, 2.45) is 5.92 Å². The fourth-order valence-corrected chi connectivity index (χ4v) is 1.41. The van der Waals surface area contributed by atoms with E-state index in [1.807, 2.05) is 0 Å². The Balaban J connectivity index is 3.19. The van der Waals surface area contributed by atoms with Crippen molar-refractivity contribution in [2.45, 2.75) is 26.1 Å². The highest BCUT2D eigenvalue weighted by Gasteiger charge is 2.36. The van der Waals surface area contributed by atoms with Crippen molar-refractivity contribution in [2.75, 3.05) is 0 Å². The largest absolute Gasteiger partial charge is 0.417 e. The normalized spacial score (nSPS) is 13.8. The van der Waals surface area contributed by atoms with Crippen LogP contribution in [0.2, 0.25) is 0 Å². The van der Waals surface area contributed by atoms with Gasteiger partial charge in [-0.3, -0.25) is 4.79 Å². The Labute approximate surface area is 97.1 Å². The smallest absolute Gasteiger partial charge is 0.385 e. The molecule has 0 radical (unpaired) electrons. The molecule has 0 aromatic heterocycles. The van der Waals surface area contributed by atoms with Crippen molar-refractivity contribution in [3.63, 3.8) is 0 Å². The fraction of sp³-hybridized carbons (Fsp3) is 0.417. The summed E-state index contributed by atoms with van der Waals surface area (Å²) in [6.07, 6.45) is -6.01. The van der Waals surface area contributed by atoms with Crippen LogP contribution in [-0.2, 0) is 6.18 Å². The van der Waals surface area contributed by atoms with Crippen LogP contribution in [0.4, 0.5) is 13.2 Å². The van der Waals surface area contributed by atoms with E-state index in [1.165, 1.54) is 12.1 Å². The topological polar surface area (TPSA) is 37.3 Å². The molecule has 17 heavy (non-hydrogen) atoms. The molecule has 0 aliphatic carbocycles. The van der Waals surface area contributed by atoms with Crippen LogP contribution in [0.5, 0.6) is 0 Å². The molecule has 0 saturated heterocycles. The number of hydrogen-bond donors (Lipinski definition) is 1. The summed E-state index contributed by atoms with van der Waals surface area (Å²) in [5.41, 5.74) is -1.49. The fourth-order valence-electron chi connectivity index (χ4n) is 1.41. The maximum absolute atomic E-state index is 12.6. The summed E-state index contributed by atoms with van der Waals surface area (Å²) < 4.78 is 37.9. The molecule has 1 rings (SSSR count). The van der Waals surface area contributed by atoms with Crippen LogP contribution in [0.25, 0.3) is 0 Å². The number of Topliss-reactive ketones (excluding diaryl/α,β-unsaturated/α-hetero) is 1. The maximum Gasteiger partial charge on any atom is 0.417 e. The number of alkyl halides is 3. The van der Waals surface area contributed by atoms with Crippen molar-refractivity contribution < 1.29 is 23.1 Å². The van der Waals surface area contributed by atoms with Crippen molar-refractivity contribution in [1.82, 2.24) is 0 Å². The van der Waals surface area contributed by atoms with Gasteiger partial charge in [-0.25, -0.2) is 0 Å². The highest BCUT2D eigenvalue weighted by Crippen LogP contribution is 2.32. The summed E-state index contributed by atoms with van der Waals surface area (Å²) in [6.45, 7) is 3.14. The second-order valence-corrected chi connectivity index (χ2v) is 4.10. The highest BCUT2D eigenvalue weighted by atomic mass is 19.4. The van der Waals surface area contributed by atoms with Crippen LogP contribution in [0.1, 0.15) is 29.8 Å². The number of carbonyl (C=O) groups excluding carboxylic acids is 1. The molecular formula is C12H13F3O2. The van der Waals surface area contributed by atoms with Crippen molar-refractivity contribution in [1.29, 1.82) is 0 Å². The molecule has 1 unspecified atom stereocenters. The van der Waals surface area contributed by atoms with Crippen LogP contribution in [0, 0.1) is 5.92 Å². The molecule has 1 aromatic carbocycles. The van der Waals surface area contributed by atoms with Crippen LogP contribution in [0.15, 0.2) is 24.3 Å². The summed E-state index contributed by atoms with van der Waals surface area (Å²) in [6, 6.07) is 4.47. The molecule has 0 bridgehead atoms. The van der Waals surface area contributed by atoms with Gasteiger partial charge < -0.3 is 5.11 Å². The average Bonchev–Trinajstić information content (AvgIpc) is 2.25. The van der Waals surface area contributed by atoms with Gasteiger partial charge in [0, 0.05) is 5.56 Å². The van der Waals surface area contributed by atoms with E-state index in [4.69, 9.17) is 0 Å². The lowest BCUT2D eigenvalue weighted by Crippen LogP contribution is -2.28. The van der Waals surface area contributed by atoms with E-state index >= 15 is 0 Å². The summed E-state index contributed by atoms with van der Waals surface area (Å²) >= 11 is 0. The molecular weight excluding hydrogens is 233 g/mol. The maximum atomic E-state index is 12.6. The van der Waals surface area contributed by atoms with E-state index in [1.54, 1.807) is 13.8 Å². The van der Waals surface area contributed by atoms with Gasteiger partial charge >= 0.3 is 6.18 Å². The van der Waals surface area contributed by atoms with Crippen LogP contribution >= 0.6 is 0 Å². The zero-order valence-electron chi connectivity index (χ0n) is 9.45. The number of benzene rings is 1. The second-order valence-electron chi connectivity index (χ2n) is 4.10. The molecule has 0 fully saturated rings. The minimum Gasteiger partial charge on any atom is -0.385 e. The highest BCUT2D eigenvalue weighted by molar-refractivity contribution is 6.00. The Hall–Kier alpha value is -1.36. The molecule has 0 aliphatic heterocycles. The van der Waals surface area contributed by atoms with Crippen molar-refractivity contribution in [3.8, 4) is 0 Å². The van der Waals surface area contributed by atoms with E-state index in [2.05, 4.69) is 0 Å². The Morgan fingerprint density at radius 1 is 1.24 bits per heavy atom. The first-order chi connectivity index (χ1) is 7.75. The molecule has 0 heterocycles. The number of ketones is 1. The van der Waals surface area contributed by atoms with Gasteiger partial charge in [0.05, 0.1) is 5.56 Å². The number of aliphatic hydroxyl groups is 1. The van der Waals surface area contributed by atoms with Gasteiger partial charge in [0.25, 0.3) is 0 Å². The van der Waals surface area contributed by atoms with Crippen LogP contribution in [-0.4, -0.2) is 17.0 Å². The molecule has 5 heteroatoms. The molecule has 0 amide bonds. The SMILES string of the molecule is CC(C)C(O)C(=O)c1ccccc1C(F)(F)F. The zero-order valence-corrected chi connectivity index (χ0v) is 9.45. The quantitative estimate of drug-likeness (QED) is 0.832. The summed E-state index contributed by atoms with van der Waals surface area (Å²) in [7, 11) is 0. The molecule has 0 saturated carbocycles. The van der Waals surface area contributed by atoms with E-state index in [9.17, 15) is 23.1 Å². The number of halogens is 3. The number of carbonyl (C=O) groups is 1. The molecule has 1 aromatic rings. The zero-order chi connectivity index (χ0) is 13.2. The van der Waals surface area contributed by atoms with Gasteiger partial charge in [-0.05, 0) is 12.0 Å². The second kappa shape index (κ2) is 4.87. The third kappa shape index (κ3) is 3.06. The third-order valence-electron chi connectivity index (χ3n) is 2.40. The first kappa shape index (κ1) is 13.7. The van der Waals surface area contributed by atoms with Gasteiger partial charge in [0.2, 0.25) is 0 Å². The minimum atomic E-state index is -4.59. The van der Waals surface area contributed by atoms with Gasteiger partial charge in [0.1, 0.15) is 6.10 Å². The molecule has 94 valence electrons. The Morgan fingerprint density at radius 3 is 2.24 bits per heavy atom. The average molecular weight is 246 g/mol. The van der Waals surface area contributed by atoms with Crippen LogP contribution in [0.3, 0.4) is 0 Å². The minimum absolute atomic E-state index is 0.427. The summed E-state index contributed by atoms with van der Waals surface area (Å²) in [5, 5.41) is 9.52. The summed E-state index contributed by atoms with van der Waals surface area (Å²) in [5.74, 6) is -1.32. The van der Waals surface area contributed by atoms with Crippen LogP contribution < -0.4 is 0 Å². The Morgan fingerprint density at radius 2 is 1.76 bits per heavy atom. The predicted molar refractivity (Wildman–Crippen MR) is 56.6 cm³/mol. The Bertz CT molecular complexity index is 410. The lowest BCUT2D eigenvalue weighted by molar-refractivity contribution is -0.138. The van der Waals surface area contributed by atoms with E-state index in [0.717, 1.165) is 12.1 Å². The number of aliphatic hydroxyl groups excluding tert-OH is 1. The number of hydrogen-bond acceptors (Lipinski definition) is 2. The molecule has 1 atom stereocenters. The standard InChI is InChI=1S/C12H13F3O2/c1-7(2)10(16)11(17)8-5-3-4-6-9(8)12(13,14)15/h3-7,10,16H,1-2H3. The van der Waals surface area contributed by atoms with E-state index < -0.39 is 35.1 Å². The van der Waals surface area contributed by atoms with Gasteiger partial charge in [-0.1, -0.05) is 32.0 Å². The molecule has 2 nitrogen and oxygen atoms in total. The van der Waals surface area contributed by atoms with Gasteiger partial charge in [-0.15, -0.1) is 0 Å². The van der Waals surface area contributed by atoms with Gasteiger partial charge in [-0.2, -0.15) is 13.2 Å². The molecule has 1 N–H and O–H groups in total. The summed E-state index contributed by atoms with van der Waals surface area (Å²) in [4.78, 5) is 11.7.